The molecule has 5 aromatic heterocycles. The molecule has 8 nitrogen and oxygen atoms in total. The van der Waals surface area contributed by atoms with Gasteiger partial charge in [-0.2, -0.15) is 5.10 Å². The lowest BCUT2D eigenvalue weighted by Gasteiger charge is -2.04. The topological polar surface area (TPSA) is 105 Å². The van der Waals surface area contributed by atoms with Crippen LogP contribution in [0, 0.1) is 6.92 Å². The molecule has 0 bridgehead atoms. The van der Waals surface area contributed by atoms with Crippen molar-refractivity contribution in [3.8, 4) is 33.2 Å². The highest BCUT2D eigenvalue weighted by Crippen LogP contribution is 2.35. The molecule has 0 radical (unpaired) electrons. The number of Topliss-reactive ketones (excluding diaryl/α,β-unsaturated/α-hetero) is 1. The zero-order valence-electron chi connectivity index (χ0n) is 18.2. The van der Waals surface area contributed by atoms with Crippen molar-refractivity contribution in [3.63, 3.8) is 0 Å². The summed E-state index contributed by atoms with van der Waals surface area (Å²) in [5.74, 6) is 1.65. The maximum absolute atomic E-state index is 11.7. The number of hydrogen-bond donors (Lipinski definition) is 2. The Bertz CT molecular complexity index is 1680. The van der Waals surface area contributed by atoms with Crippen LogP contribution in [-0.4, -0.2) is 40.5 Å². The van der Waals surface area contributed by atoms with Crippen molar-refractivity contribution in [3.05, 3.63) is 59.5 Å². The zero-order valence-corrected chi connectivity index (χ0v) is 19.0. The number of carbonyl (C=O) groups is 1. The van der Waals surface area contributed by atoms with Gasteiger partial charge in [0.15, 0.2) is 17.3 Å². The minimum Gasteiger partial charge on any atom is -0.331 e. The number of thiophene rings is 1. The molecule has 0 fully saturated rings. The van der Waals surface area contributed by atoms with Gasteiger partial charge in [-0.1, -0.05) is 6.07 Å². The minimum absolute atomic E-state index is 0.0571. The molecular weight excluding hydrogens is 434 g/mol. The number of ketones is 1. The summed E-state index contributed by atoms with van der Waals surface area (Å²) in [6.07, 6.45) is 3.63. The van der Waals surface area contributed by atoms with Crippen LogP contribution >= 0.6 is 11.3 Å². The van der Waals surface area contributed by atoms with Gasteiger partial charge >= 0.3 is 0 Å². The van der Waals surface area contributed by atoms with Crippen molar-refractivity contribution >= 4 is 39.2 Å². The Morgan fingerprint density at radius 1 is 1.12 bits per heavy atom. The molecule has 6 aromatic rings. The number of nitrogens with one attached hydrogen (secondary N) is 2. The van der Waals surface area contributed by atoms with Crippen LogP contribution in [0.1, 0.15) is 22.4 Å². The summed E-state index contributed by atoms with van der Waals surface area (Å²) in [4.78, 5) is 30.5. The van der Waals surface area contributed by atoms with Crippen LogP contribution in [0.3, 0.4) is 0 Å². The molecule has 0 spiro atoms. The van der Waals surface area contributed by atoms with E-state index in [0.717, 1.165) is 54.5 Å². The van der Waals surface area contributed by atoms with Gasteiger partial charge in [0.2, 0.25) is 0 Å². The predicted octanol–water partition coefficient (Wildman–Crippen LogP) is 5.14. The summed E-state index contributed by atoms with van der Waals surface area (Å²) >= 11 is 1.46. The Hall–Kier alpha value is -4.11. The highest BCUT2D eigenvalue weighted by atomic mass is 32.1. The lowest BCUT2D eigenvalue weighted by atomic mass is 10.1. The third-order valence-electron chi connectivity index (χ3n) is 5.91. The Morgan fingerprint density at radius 2 is 2.00 bits per heavy atom. The fraction of sp³-hybridized carbons (Fsp3) is 0.125. The van der Waals surface area contributed by atoms with Gasteiger partial charge in [-0.15, -0.1) is 11.3 Å². The van der Waals surface area contributed by atoms with Crippen molar-refractivity contribution in [1.29, 1.82) is 0 Å². The molecule has 0 aliphatic carbocycles. The number of aromatic nitrogens is 7. The van der Waals surface area contributed by atoms with E-state index < -0.39 is 0 Å². The molecule has 0 atom stereocenters. The molecule has 1 aromatic carbocycles. The average molecular weight is 454 g/mol. The van der Waals surface area contributed by atoms with Gasteiger partial charge in [0, 0.05) is 34.6 Å². The van der Waals surface area contributed by atoms with Crippen LogP contribution in [0.4, 0.5) is 0 Å². The molecule has 2 N–H and O–H groups in total. The SMILES string of the molecule is CC(=O)c1ccc(-c2ccnc3[nH]c(-c4n[nH]c5ccc(-c6cnc(C)n6C)cc45)nc23)s1. The van der Waals surface area contributed by atoms with Crippen molar-refractivity contribution in [2.24, 2.45) is 7.05 Å². The highest BCUT2D eigenvalue weighted by Gasteiger charge is 2.18. The number of nitrogens with zero attached hydrogens (tertiary/aromatic N) is 5. The van der Waals surface area contributed by atoms with Crippen LogP contribution in [0.2, 0.25) is 0 Å². The number of fused-ring (bicyclic) bond motifs is 2. The summed E-state index contributed by atoms with van der Waals surface area (Å²) in [6.45, 7) is 3.56. The zero-order chi connectivity index (χ0) is 22.7. The lowest BCUT2D eigenvalue weighted by Crippen LogP contribution is -1.94. The maximum Gasteiger partial charge on any atom is 0.169 e. The van der Waals surface area contributed by atoms with Crippen molar-refractivity contribution in [1.82, 2.24) is 34.7 Å². The number of pyridine rings is 1. The third kappa shape index (κ3) is 3.08. The molecule has 0 aliphatic heterocycles. The number of H-pyrrole nitrogens is 2. The highest BCUT2D eigenvalue weighted by molar-refractivity contribution is 7.17. The minimum atomic E-state index is 0.0571. The van der Waals surface area contributed by atoms with Gasteiger partial charge in [-0.05, 0) is 44.2 Å². The normalized spacial score (nSPS) is 11.6. The standard InChI is InChI=1S/C24H19N7OS/c1-12(32)19-6-7-20(33-19)15-8-9-25-23-21(15)27-24(28-23)22-16-10-14(4-5-17(16)29-30-22)18-11-26-13(2)31(18)3/h4-11H,1-3H3,(H,29,30)(H,25,27,28). The summed E-state index contributed by atoms with van der Waals surface area (Å²) < 4.78 is 2.06. The van der Waals surface area contributed by atoms with E-state index in [-0.39, 0.29) is 5.78 Å². The number of hydrogen-bond acceptors (Lipinski definition) is 6. The fourth-order valence-corrected chi connectivity index (χ4v) is 4.94. The lowest BCUT2D eigenvalue weighted by molar-refractivity contribution is 0.102. The van der Waals surface area contributed by atoms with E-state index >= 15 is 0 Å². The number of aromatic amines is 2. The molecule has 0 amide bonds. The first-order valence-electron chi connectivity index (χ1n) is 10.4. The van der Waals surface area contributed by atoms with Crippen LogP contribution in [0.5, 0.6) is 0 Å². The van der Waals surface area contributed by atoms with E-state index in [1.54, 1.807) is 13.1 Å². The smallest absolute Gasteiger partial charge is 0.169 e. The second kappa shape index (κ2) is 7.21. The molecule has 33 heavy (non-hydrogen) atoms. The number of aryl methyl sites for hydroxylation is 1. The molecule has 6 rings (SSSR count). The monoisotopic (exact) mass is 453 g/mol. The number of imidazole rings is 2. The first-order valence-corrected chi connectivity index (χ1v) is 11.2. The average Bonchev–Trinajstić information content (AvgIpc) is 3.59. The van der Waals surface area contributed by atoms with Crippen LogP contribution in [0.15, 0.2) is 48.8 Å². The van der Waals surface area contributed by atoms with Gasteiger partial charge in [-0.3, -0.25) is 9.89 Å². The van der Waals surface area contributed by atoms with Gasteiger partial charge in [-0.25, -0.2) is 15.0 Å². The summed E-state index contributed by atoms with van der Waals surface area (Å²) in [7, 11) is 2.01. The second-order valence-corrected chi connectivity index (χ2v) is 9.03. The first-order chi connectivity index (χ1) is 16.0. The summed E-state index contributed by atoms with van der Waals surface area (Å²) in [5, 5.41) is 8.61. The molecule has 0 unspecified atom stereocenters. The molecule has 9 heteroatoms. The fourth-order valence-electron chi connectivity index (χ4n) is 4.02. The Morgan fingerprint density at radius 3 is 2.76 bits per heavy atom. The Labute approximate surface area is 192 Å². The largest absolute Gasteiger partial charge is 0.331 e. The van der Waals surface area contributed by atoms with Gasteiger partial charge in [0.05, 0.1) is 22.3 Å². The van der Waals surface area contributed by atoms with Gasteiger partial charge in [0.1, 0.15) is 17.0 Å². The third-order valence-corrected chi connectivity index (χ3v) is 7.13. The second-order valence-electron chi connectivity index (χ2n) is 7.94. The summed E-state index contributed by atoms with van der Waals surface area (Å²) in [5.41, 5.74) is 6.10. The van der Waals surface area contributed by atoms with Crippen molar-refractivity contribution in [2.75, 3.05) is 0 Å². The van der Waals surface area contributed by atoms with E-state index in [2.05, 4.69) is 41.8 Å². The van der Waals surface area contributed by atoms with Crippen LogP contribution in [0.25, 0.3) is 55.3 Å². The Balaban J connectivity index is 1.49. The molecule has 0 aliphatic rings. The van der Waals surface area contributed by atoms with E-state index in [9.17, 15) is 4.79 Å². The predicted molar refractivity (Wildman–Crippen MR) is 129 cm³/mol. The quantitative estimate of drug-likeness (QED) is 0.360. The molecule has 0 saturated carbocycles. The molecular formula is C24H19N7OS. The van der Waals surface area contributed by atoms with Gasteiger partial charge < -0.3 is 9.55 Å². The van der Waals surface area contributed by atoms with Crippen molar-refractivity contribution in [2.45, 2.75) is 13.8 Å². The summed E-state index contributed by atoms with van der Waals surface area (Å²) in [6, 6.07) is 11.9. The number of benzene rings is 1. The molecule has 0 saturated heterocycles. The molecule has 5 heterocycles. The maximum atomic E-state index is 11.7. The number of rotatable bonds is 4. The Kier molecular flexibility index (Phi) is 4.27. The van der Waals surface area contributed by atoms with Crippen molar-refractivity contribution < 1.29 is 4.79 Å². The first kappa shape index (κ1) is 19.6. The van der Waals surface area contributed by atoms with E-state index in [1.165, 1.54) is 11.3 Å². The van der Waals surface area contributed by atoms with E-state index in [0.29, 0.717) is 11.5 Å². The molecule has 162 valence electrons. The van der Waals surface area contributed by atoms with Gasteiger partial charge in [0.25, 0.3) is 0 Å². The van der Waals surface area contributed by atoms with E-state index in [1.807, 2.05) is 44.4 Å². The van der Waals surface area contributed by atoms with E-state index in [4.69, 9.17) is 4.98 Å². The van der Waals surface area contributed by atoms with Crippen LogP contribution in [-0.2, 0) is 7.05 Å². The number of carbonyl (C=O) groups excluding carboxylic acids is 1. The van der Waals surface area contributed by atoms with Crippen LogP contribution < -0.4 is 0 Å².